The van der Waals surface area contributed by atoms with Crippen LogP contribution in [-0.2, 0) is 82.2 Å². The monoisotopic (exact) mass is 1490 g/mol. The molecular formula is C80H104N9O17S+. The van der Waals surface area contributed by atoms with Crippen molar-refractivity contribution in [3.05, 3.63) is 172 Å². The Balaban J connectivity index is 0.00000228. The Morgan fingerprint density at radius 2 is 1.31 bits per heavy atom. The number of hydrogen-bond donors (Lipinski definition) is 8. The van der Waals surface area contributed by atoms with E-state index >= 15 is 0 Å². The standard InChI is InChI=1S/C78H103N9O10.2CO2.O3S/c1-7-9-20-51-87-66-34-18-16-32-62(66)78(5,6)69(87)44-39-57-27-21-26-56(38-43-68-77(3,4)61-31-15-17-33-65(61)86(68)50-10-8-2)72(57)97-60-40-36-54(37-41-60)46-49-81-73(93)58(28-22-47-82-75(79)80)53-67(89)64(52-55-24-12-11-13-25-55)84-70(90)35-19-14-29-59(88)30-23-48-83-76(96)85-63(74(94)95)42-45-71(91)92;2*2-1-3;1-4(2)3/h11-13,15-18,24-25,31-34,36-41,43-44,58,63-64H,7-10,14,19-23,26-30,35,42,45-53H2,1-6H3,(H9-,79,80,81,82,83,84,85,90,91,92,93,94,95,96);;;/p+1/t58-,63+,64+;;;/m1.../s1. The molecule has 0 saturated heterocycles. The molecule has 0 saturated carbocycles. The molecule has 0 unspecified atom stereocenters. The van der Waals surface area contributed by atoms with Crippen LogP contribution in [0, 0.1) is 5.92 Å². The van der Waals surface area contributed by atoms with Crippen LogP contribution in [0.5, 0.6) is 5.75 Å². The molecule has 2 heterocycles. The zero-order valence-corrected chi connectivity index (χ0v) is 63.0. The number of rotatable bonds is 40. The number of carbonyl (C=O) groups excluding carboxylic acids is 9. The third-order valence-corrected chi connectivity index (χ3v) is 18.6. The molecule has 26 nitrogen and oxygen atoms in total. The number of aliphatic carboxylic acids is 2. The summed E-state index contributed by atoms with van der Waals surface area (Å²) in [7, 11) is -3.11. The highest BCUT2D eigenvalue weighted by atomic mass is 32.2. The van der Waals surface area contributed by atoms with Crippen molar-refractivity contribution in [2.45, 2.75) is 199 Å². The van der Waals surface area contributed by atoms with Crippen molar-refractivity contribution in [3.8, 4) is 5.75 Å². The second-order valence-corrected chi connectivity index (χ2v) is 27.6. The Hall–Kier alpha value is -10.8. The lowest BCUT2D eigenvalue weighted by Crippen LogP contribution is -2.46. The van der Waals surface area contributed by atoms with Gasteiger partial charge in [0.15, 0.2) is 17.5 Å². The van der Waals surface area contributed by atoms with Gasteiger partial charge in [-0.2, -0.15) is 23.8 Å². The van der Waals surface area contributed by atoms with Gasteiger partial charge in [-0.1, -0.05) is 125 Å². The number of urea groups is 1. The number of carbonyl (C=O) groups is 7. The number of para-hydroxylation sites is 2. The van der Waals surface area contributed by atoms with Gasteiger partial charge in [-0.05, 0) is 156 Å². The summed E-state index contributed by atoms with van der Waals surface area (Å²) in [5.41, 5.74) is 22.8. The molecular weight excluding hydrogens is 1390 g/mol. The van der Waals surface area contributed by atoms with E-state index in [0.29, 0.717) is 50.8 Å². The van der Waals surface area contributed by atoms with E-state index in [2.05, 4.69) is 150 Å². The highest BCUT2D eigenvalue weighted by Crippen LogP contribution is 2.48. The average Bonchev–Trinajstić information content (AvgIpc) is 1.60. The number of hydrogen-bond acceptors (Lipinski definition) is 17. The Morgan fingerprint density at radius 3 is 1.96 bits per heavy atom. The number of ether oxygens (including phenoxy) is 1. The zero-order valence-electron chi connectivity index (χ0n) is 62.2. The predicted molar refractivity (Wildman–Crippen MR) is 403 cm³/mol. The third-order valence-electron chi connectivity index (χ3n) is 18.6. The fraction of sp³-hybridized carbons (Fsp3) is 0.463. The van der Waals surface area contributed by atoms with Crippen molar-refractivity contribution in [1.82, 2.24) is 21.3 Å². The van der Waals surface area contributed by atoms with E-state index in [1.165, 1.54) is 40.3 Å². The van der Waals surface area contributed by atoms with Crippen molar-refractivity contribution in [2.24, 2.45) is 22.4 Å². The number of benzene rings is 4. The number of aliphatic imine (C=N–C) groups is 1. The Labute approximate surface area is 627 Å². The van der Waals surface area contributed by atoms with E-state index in [-0.39, 0.29) is 104 Å². The van der Waals surface area contributed by atoms with Gasteiger partial charge in [0, 0.05) is 105 Å². The molecule has 3 atom stereocenters. The summed E-state index contributed by atoms with van der Waals surface area (Å²) < 4.78 is 35.0. The van der Waals surface area contributed by atoms with Gasteiger partial charge in [0.05, 0.1) is 11.5 Å². The van der Waals surface area contributed by atoms with Crippen LogP contribution in [0.4, 0.5) is 16.2 Å². The molecule has 0 bridgehead atoms. The van der Waals surface area contributed by atoms with Gasteiger partial charge in [0.25, 0.3) is 0 Å². The van der Waals surface area contributed by atoms with Gasteiger partial charge in [0.2, 0.25) is 17.5 Å². The third kappa shape index (κ3) is 30.0. The highest BCUT2D eigenvalue weighted by molar-refractivity contribution is 7.59. The Morgan fingerprint density at radius 1 is 0.673 bits per heavy atom. The molecule has 10 N–H and O–H groups in total. The van der Waals surface area contributed by atoms with Crippen LogP contribution in [0.3, 0.4) is 0 Å². The van der Waals surface area contributed by atoms with E-state index in [1.54, 1.807) is 0 Å². The molecule has 0 aromatic heterocycles. The molecule has 3 aliphatic rings. The van der Waals surface area contributed by atoms with Crippen LogP contribution in [-0.4, -0.2) is 138 Å². The van der Waals surface area contributed by atoms with E-state index in [0.717, 1.165) is 86.1 Å². The van der Waals surface area contributed by atoms with Gasteiger partial charge in [0.1, 0.15) is 29.9 Å². The predicted octanol–water partition coefficient (Wildman–Crippen LogP) is 10.1. The lowest BCUT2D eigenvalue weighted by Gasteiger charge is -2.27. The summed E-state index contributed by atoms with van der Waals surface area (Å²) >= 11 is 0. The first kappa shape index (κ1) is 88.6. The summed E-state index contributed by atoms with van der Waals surface area (Å²) in [4.78, 5) is 128. The van der Waals surface area contributed by atoms with Crippen molar-refractivity contribution < 1.29 is 84.9 Å². The maximum absolute atomic E-state index is 14.4. The molecule has 4 aromatic carbocycles. The number of nitrogens with one attached hydrogen (secondary N) is 4. The highest BCUT2D eigenvalue weighted by Gasteiger charge is 2.44. The molecule has 4 aromatic rings. The molecule has 7 rings (SSSR count). The number of Topliss-reactive ketones (excluding diaryl/α,β-unsaturated/α-hetero) is 2. The number of carboxylic acids is 2. The first-order valence-electron chi connectivity index (χ1n) is 36.3. The van der Waals surface area contributed by atoms with E-state index in [4.69, 9.17) is 53.1 Å². The van der Waals surface area contributed by atoms with Gasteiger partial charge in [-0.15, -0.1) is 12.6 Å². The number of ketones is 2. The minimum Gasteiger partial charge on any atom is -0.481 e. The molecule has 2 aliphatic heterocycles. The maximum Gasteiger partial charge on any atom is 0.425 e. The van der Waals surface area contributed by atoms with Crippen LogP contribution in [0.15, 0.2) is 155 Å². The number of nitrogens with zero attached hydrogens (tertiary/aromatic N) is 3. The van der Waals surface area contributed by atoms with E-state index < -0.39 is 53.0 Å². The number of nitrogens with two attached hydrogens (primary N) is 2. The summed E-state index contributed by atoms with van der Waals surface area (Å²) in [5, 5.41) is 28.9. The Bertz CT molecular complexity index is 4020. The summed E-state index contributed by atoms with van der Waals surface area (Å²) in [5.74, 6) is -2.83. The van der Waals surface area contributed by atoms with Crippen molar-refractivity contribution in [2.75, 3.05) is 37.6 Å². The minimum absolute atomic E-state index is 0.0573. The van der Waals surface area contributed by atoms with E-state index in [9.17, 15) is 38.7 Å². The number of unbranched alkanes of at least 4 members (excludes halogenated alkanes) is 4. The number of anilines is 1. The maximum atomic E-state index is 14.4. The summed E-state index contributed by atoms with van der Waals surface area (Å²) in [6.07, 6.45) is 20.2. The van der Waals surface area contributed by atoms with Gasteiger partial charge in [-0.3, -0.25) is 29.0 Å². The average molecular weight is 1500 g/mol. The van der Waals surface area contributed by atoms with Gasteiger partial charge >= 0.3 is 40.9 Å². The van der Waals surface area contributed by atoms with Crippen LogP contribution >= 0.6 is 0 Å². The second kappa shape index (κ2) is 46.9. The first-order chi connectivity index (χ1) is 51.2. The minimum atomic E-state index is -3.11. The van der Waals surface area contributed by atoms with Gasteiger partial charge < -0.3 is 52.6 Å². The normalized spacial score (nSPS) is 15.2. The lowest BCUT2D eigenvalue weighted by molar-refractivity contribution is -0.438. The zero-order chi connectivity index (χ0) is 78.9. The molecule has 0 spiro atoms. The Kier molecular flexibility index (Phi) is 38.9. The van der Waals surface area contributed by atoms with Crippen LogP contribution in [0.25, 0.3) is 0 Å². The van der Waals surface area contributed by atoms with Crippen LogP contribution < -0.4 is 42.4 Å². The van der Waals surface area contributed by atoms with Crippen LogP contribution in [0.2, 0.25) is 0 Å². The molecule has 576 valence electrons. The molecule has 1 aliphatic carbocycles. The quantitative estimate of drug-likeness (QED) is 0.00888. The number of guanidine groups is 1. The first-order valence-corrected chi connectivity index (χ1v) is 37.3. The molecule has 107 heavy (non-hydrogen) atoms. The second-order valence-electron chi connectivity index (χ2n) is 27.2. The van der Waals surface area contributed by atoms with Crippen molar-refractivity contribution in [3.63, 3.8) is 0 Å². The molecule has 27 heteroatoms. The summed E-state index contributed by atoms with van der Waals surface area (Å²) in [6.45, 7) is 16.4. The molecule has 0 radical (unpaired) electrons. The number of allylic oxidation sites excluding steroid dienone is 7. The van der Waals surface area contributed by atoms with Gasteiger partial charge in [-0.25, -0.2) is 9.59 Å². The number of fused-ring (bicyclic) bond motifs is 2. The SMILES string of the molecule is CCCCC[N+]1=C(/C=C/C2=C(Oc3ccc(CCNC(=O)[C@H](CCCN=C(N)N)CC(=O)[C@H](Cc4ccccc4)NC(=O)CCCCC(=O)CCCNC(=O)N[C@@H](CCC(=O)O)C(=O)O)cc3)C(=C/C=C3/N(CCCC)c4ccccc4C3(C)C)/CCC2)C(C)(C)c2ccccc21.O=C=O.O=C=O.O=S(=O)=O. The largest absolute Gasteiger partial charge is 0.481 e. The topological polar surface area (TPSA) is 407 Å². The molecule has 4 amide bonds. The van der Waals surface area contributed by atoms with Crippen molar-refractivity contribution >= 4 is 87.3 Å². The number of carboxylic acid groups (broad SMARTS) is 2. The van der Waals surface area contributed by atoms with Crippen molar-refractivity contribution in [1.29, 1.82) is 0 Å². The molecule has 0 fully saturated rings. The smallest absolute Gasteiger partial charge is 0.425 e. The number of amides is 4. The lowest BCUT2D eigenvalue weighted by atomic mass is 9.81. The van der Waals surface area contributed by atoms with E-state index in [1.807, 2.05) is 54.6 Å². The fourth-order valence-electron chi connectivity index (χ4n) is 13.2. The summed E-state index contributed by atoms with van der Waals surface area (Å²) in [6, 6.07) is 31.9. The fourth-order valence-corrected chi connectivity index (χ4v) is 13.2. The van der Waals surface area contributed by atoms with Crippen LogP contribution in [0.1, 0.15) is 186 Å².